The Labute approximate surface area is 186 Å². The molecule has 0 unspecified atom stereocenters. The summed E-state index contributed by atoms with van der Waals surface area (Å²) in [5.74, 6) is 1.15. The molecule has 0 atom stereocenters. The van der Waals surface area contributed by atoms with Gasteiger partial charge in [-0.15, -0.1) is 0 Å². The van der Waals surface area contributed by atoms with Gasteiger partial charge in [0, 0.05) is 17.2 Å². The van der Waals surface area contributed by atoms with Crippen molar-refractivity contribution in [1.29, 1.82) is 0 Å². The fraction of sp³-hybridized carbons (Fsp3) is 0.115. The van der Waals surface area contributed by atoms with Gasteiger partial charge >= 0.3 is 0 Å². The molecule has 0 saturated carbocycles. The van der Waals surface area contributed by atoms with Gasteiger partial charge in [0.15, 0.2) is 28.8 Å². The highest BCUT2D eigenvalue weighted by Gasteiger charge is 2.10. The van der Waals surface area contributed by atoms with Gasteiger partial charge in [0.05, 0.1) is 21.3 Å². The first-order chi connectivity index (χ1) is 15.4. The molecule has 0 saturated heterocycles. The molecule has 3 aromatic rings. The largest absolute Gasteiger partial charge is 0.504 e. The van der Waals surface area contributed by atoms with E-state index in [1.54, 1.807) is 63.8 Å². The smallest absolute Gasteiger partial charge is 0.185 e. The molecule has 0 bridgehead atoms. The monoisotopic (exact) mass is 432 g/mol. The summed E-state index contributed by atoms with van der Waals surface area (Å²) in [5, 5.41) is 18.9. The predicted octanol–water partition coefficient (Wildman–Crippen LogP) is 5.19. The van der Waals surface area contributed by atoms with Crippen molar-refractivity contribution in [2.75, 3.05) is 21.3 Å². The summed E-state index contributed by atoms with van der Waals surface area (Å²) in [6.45, 7) is 0. The third kappa shape index (κ3) is 5.29. The lowest BCUT2D eigenvalue weighted by atomic mass is 10.1. The highest BCUT2D eigenvalue weighted by Crippen LogP contribution is 2.35. The Morgan fingerprint density at radius 1 is 0.688 bits per heavy atom. The van der Waals surface area contributed by atoms with Gasteiger partial charge in [-0.3, -0.25) is 4.79 Å². The number of aromatic hydroxyl groups is 2. The lowest BCUT2D eigenvalue weighted by molar-refractivity contribution is 0.104. The third-order valence-electron chi connectivity index (χ3n) is 4.81. The summed E-state index contributed by atoms with van der Waals surface area (Å²) >= 11 is 0. The molecule has 0 aliphatic carbocycles. The van der Waals surface area contributed by atoms with Crippen molar-refractivity contribution in [2.45, 2.75) is 0 Å². The molecule has 0 aromatic heterocycles. The molecule has 0 fully saturated rings. The molecule has 3 rings (SSSR count). The van der Waals surface area contributed by atoms with Crippen LogP contribution in [0.4, 0.5) is 0 Å². The van der Waals surface area contributed by atoms with Crippen molar-refractivity contribution in [2.24, 2.45) is 0 Å². The number of hydrogen-bond acceptors (Lipinski definition) is 6. The Kier molecular flexibility index (Phi) is 7.18. The van der Waals surface area contributed by atoms with E-state index in [0.717, 1.165) is 11.1 Å². The number of benzene rings is 3. The minimum Gasteiger partial charge on any atom is -0.504 e. The van der Waals surface area contributed by atoms with Crippen molar-refractivity contribution < 1.29 is 29.2 Å². The van der Waals surface area contributed by atoms with Gasteiger partial charge < -0.3 is 24.4 Å². The Morgan fingerprint density at radius 3 is 1.91 bits per heavy atom. The SMILES string of the molecule is COc1cc(OC)c(OC)cc1/C=C/C(=O)c1ccc(/C=C/c2ccc(O)c(O)c2)cc1. The van der Waals surface area contributed by atoms with E-state index in [0.29, 0.717) is 28.4 Å². The minimum atomic E-state index is -0.175. The van der Waals surface area contributed by atoms with Crippen molar-refractivity contribution in [1.82, 2.24) is 0 Å². The zero-order valence-corrected chi connectivity index (χ0v) is 18.0. The molecule has 6 nitrogen and oxygen atoms in total. The summed E-state index contributed by atoms with van der Waals surface area (Å²) in [6, 6.07) is 15.2. The first-order valence-corrected chi connectivity index (χ1v) is 9.77. The second kappa shape index (κ2) is 10.2. The number of methoxy groups -OCH3 is 3. The van der Waals surface area contributed by atoms with Crippen LogP contribution in [0.15, 0.2) is 60.7 Å². The summed E-state index contributed by atoms with van der Waals surface area (Å²) in [7, 11) is 4.64. The average molecular weight is 432 g/mol. The van der Waals surface area contributed by atoms with E-state index in [2.05, 4.69) is 0 Å². The number of carbonyl (C=O) groups excluding carboxylic acids is 1. The molecule has 32 heavy (non-hydrogen) atoms. The molecule has 0 heterocycles. The Morgan fingerprint density at radius 2 is 1.28 bits per heavy atom. The zero-order chi connectivity index (χ0) is 23.1. The molecule has 0 spiro atoms. The van der Waals surface area contributed by atoms with Gasteiger partial charge in [0.1, 0.15) is 5.75 Å². The second-order valence-electron chi connectivity index (χ2n) is 6.85. The van der Waals surface area contributed by atoms with Gasteiger partial charge in [-0.1, -0.05) is 42.5 Å². The normalized spacial score (nSPS) is 11.1. The number of carbonyl (C=O) groups is 1. The molecular formula is C26H24O6. The standard InChI is InChI=1S/C26H24O6/c1-30-24-16-26(32-3)25(31-2)15-20(24)11-13-21(27)19-9-6-17(7-10-19)4-5-18-8-12-22(28)23(29)14-18/h4-16,28-29H,1-3H3/b5-4+,13-11+. The van der Waals surface area contributed by atoms with Crippen LogP contribution in [-0.4, -0.2) is 37.3 Å². The number of ether oxygens (including phenoxy) is 3. The van der Waals surface area contributed by atoms with Gasteiger partial charge in [0.2, 0.25) is 0 Å². The van der Waals surface area contributed by atoms with Crippen LogP contribution in [-0.2, 0) is 0 Å². The molecule has 3 aromatic carbocycles. The van der Waals surface area contributed by atoms with Crippen LogP contribution < -0.4 is 14.2 Å². The van der Waals surface area contributed by atoms with Crippen LogP contribution in [0.5, 0.6) is 28.7 Å². The fourth-order valence-electron chi connectivity index (χ4n) is 3.04. The van der Waals surface area contributed by atoms with Gasteiger partial charge in [-0.2, -0.15) is 0 Å². The van der Waals surface area contributed by atoms with E-state index < -0.39 is 0 Å². The summed E-state index contributed by atoms with van der Waals surface area (Å²) in [4.78, 5) is 12.6. The number of allylic oxidation sites excluding steroid dienone is 1. The molecule has 0 radical (unpaired) electrons. The topological polar surface area (TPSA) is 85.2 Å². The maximum Gasteiger partial charge on any atom is 0.185 e. The van der Waals surface area contributed by atoms with Crippen LogP contribution in [0.25, 0.3) is 18.2 Å². The predicted molar refractivity (Wildman–Crippen MR) is 125 cm³/mol. The number of hydrogen-bond donors (Lipinski definition) is 2. The average Bonchev–Trinajstić information content (AvgIpc) is 2.82. The maximum absolute atomic E-state index is 12.6. The lowest BCUT2D eigenvalue weighted by Gasteiger charge is -2.12. The summed E-state index contributed by atoms with van der Waals surface area (Å²) < 4.78 is 16.0. The van der Waals surface area contributed by atoms with Gasteiger partial charge in [-0.05, 0) is 41.5 Å². The number of phenolic OH excluding ortho intramolecular Hbond substituents is 2. The minimum absolute atomic E-state index is 0.152. The van der Waals surface area contributed by atoms with Crippen LogP contribution in [0, 0.1) is 0 Å². The third-order valence-corrected chi connectivity index (χ3v) is 4.81. The molecule has 2 N–H and O–H groups in total. The highest BCUT2D eigenvalue weighted by molar-refractivity contribution is 6.07. The second-order valence-corrected chi connectivity index (χ2v) is 6.85. The van der Waals surface area contributed by atoms with Gasteiger partial charge in [-0.25, -0.2) is 0 Å². The van der Waals surface area contributed by atoms with E-state index >= 15 is 0 Å². The molecular weight excluding hydrogens is 408 g/mol. The van der Waals surface area contributed by atoms with Gasteiger partial charge in [0.25, 0.3) is 0 Å². The Bertz CT molecular complexity index is 1160. The summed E-state index contributed by atoms with van der Waals surface area (Å²) in [6.07, 6.45) is 6.81. The molecule has 6 heteroatoms. The van der Waals surface area contributed by atoms with Crippen molar-refractivity contribution in [3.05, 3.63) is 82.9 Å². The van der Waals surface area contributed by atoms with E-state index in [1.807, 2.05) is 18.2 Å². The Hall–Kier alpha value is -4.19. The quantitative estimate of drug-likeness (QED) is 0.221. The highest BCUT2D eigenvalue weighted by atomic mass is 16.5. The van der Waals surface area contributed by atoms with Crippen LogP contribution in [0.1, 0.15) is 27.0 Å². The number of ketones is 1. The van der Waals surface area contributed by atoms with Crippen LogP contribution >= 0.6 is 0 Å². The van der Waals surface area contributed by atoms with Crippen LogP contribution in [0.2, 0.25) is 0 Å². The van der Waals surface area contributed by atoms with E-state index in [1.165, 1.54) is 18.2 Å². The lowest BCUT2D eigenvalue weighted by Crippen LogP contribution is -1.96. The first kappa shape index (κ1) is 22.5. The maximum atomic E-state index is 12.6. The summed E-state index contributed by atoms with van der Waals surface area (Å²) in [5.41, 5.74) is 2.86. The van der Waals surface area contributed by atoms with Crippen molar-refractivity contribution in [3.8, 4) is 28.7 Å². The zero-order valence-electron chi connectivity index (χ0n) is 18.0. The molecule has 0 amide bonds. The Balaban J connectivity index is 1.74. The first-order valence-electron chi connectivity index (χ1n) is 9.77. The number of phenols is 2. The fourth-order valence-corrected chi connectivity index (χ4v) is 3.04. The molecule has 0 aliphatic heterocycles. The molecule has 164 valence electrons. The molecule has 0 aliphatic rings. The van der Waals surface area contributed by atoms with Crippen LogP contribution in [0.3, 0.4) is 0 Å². The van der Waals surface area contributed by atoms with E-state index in [-0.39, 0.29) is 17.3 Å². The van der Waals surface area contributed by atoms with E-state index in [9.17, 15) is 15.0 Å². The number of rotatable bonds is 8. The van der Waals surface area contributed by atoms with E-state index in [4.69, 9.17) is 14.2 Å². The van der Waals surface area contributed by atoms with Crippen molar-refractivity contribution in [3.63, 3.8) is 0 Å². The van der Waals surface area contributed by atoms with Crippen molar-refractivity contribution >= 4 is 24.0 Å².